The van der Waals surface area contributed by atoms with Gasteiger partial charge in [0.15, 0.2) is 0 Å². The summed E-state index contributed by atoms with van der Waals surface area (Å²) < 4.78 is 5.57. The van der Waals surface area contributed by atoms with Crippen molar-refractivity contribution in [3.05, 3.63) is 0 Å². The molecule has 1 saturated carbocycles. The highest BCUT2D eigenvalue weighted by molar-refractivity contribution is 5.81. The third-order valence-corrected chi connectivity index (χ3v) is 3.95. The normalized spacial score (nSPS) is 31.7. The first-order valence-electron chi connectivity index (χ1n) is 6.63. The lowest BCUT2D eigenvalue weighted by Crippen LogP contribution is -2.45. The van der Waals surface area contributed by atoms with Crippen LogP contribution in [0.4, 0.5) is 0 Å². The Morgan fingerprint density at radius 3 is 2.59 bits per heavy atom. The van der Waals surface area contributed by atoms with Gasteiger partial charge in [0.1, 0.15) is 6.10 Å². The van der Waals surface area contributed by atoms with E-state index in [1.807, 2.05) is 6.92 Å². The zero-order chi connectivity index (χ0) is 12.5. The molecule has 2 fully saturated rings. The van der Waals surface area contributed by atoms with Crippen LogP contribution in [0.1, 0.15) is 45.4 Å². The van der Waals surface area contributed by atoms with Crippen LogP contribution in [0.3, 0.4) is 0 Å². The highest BCUT2D eigenvalue weighted by Crippen LogP contribution is 2.30. The molecule has 2 unspecified atom stereocenters. The molecule has 1 heterocycles. The number of rotatable bonds is 3. The molecule has 0 radical (unpaired) electrons. The first-order valence-corrected chi connectivity index (χ1v) is 6.63. The van der Waals surface area contributed by atoms with Crippen molar-refractivity contribution in [1.29, 1.82) is 0 Å². The third kappa shape index (κ3) is 2.99. The minimum atomic E-state index is -0.658. The summed E-state index contributed by atoms with van der Waals surface area (Å²) in [4.78, 5) is 13.8. The van der Waals surface area contributed by atoms with Gasteiger partial charge in [-0.2, -0.15) is 0 Å². The second-order valence-corrected chi connectivity index (χ2v) is 5.64. The van der Waals surface area contributed by atoms with E-state index in [2.05, 4.69) is 0 Å². The van der Waals surface area contributed by atoms with Gasteiger partial charge in [-0.3, -0.25) is 4.79 Å². The fraction of sp³-hybridized carbons (Fsp3) is 0.923. The lowest BCUT2D eigenvalue weighted by Gasteiger charge is -2.30. The van der Waals surface area contributed by atoms with Gasteiger partial charge in [-0.05, 0) is 32.6 Å². The Bertz CT molecular complexity index is 286. The average molecular weight is 241 g/mol. The van der Waals surface area contributed by atoms with Crippen LogP contribution in [0.5, 0.6) is 0 Å². The van der Waals surface area contributed by atoms with Crippen LogP contribution < -0.4 is 0 Å². The van der Waals surface area contributed by atoms with Gasteiger partial charge in [-0.25, -0.2) is 0 Å². The molecule has 1 saturated heterocycles. The molecule has 2 aliphatic rings. The van der Waals surface area contributed by atoms with Crippen molar-refractivity contribution in [2.24, 2.45) is 0 Å². The molecule has 17 heavy (non-hydrogen) atoms. The molecule has 4 heteroatoms. The van der Waals surface area contributed by atoms with Gasteiger partial charge < -0.3 is 14.7 Å². The Hall–Kier alpha value is -0.610. The molecule has 1 amide bonds. The number of likely N-dealkylation sites (N-methyl/N-ethyl adjacent to an activating group) is 1. The molecule has 0 bridgehead atoms. The van der Waals surface area contributed by atoms with Gasteiger partial charge >= 0.3 is 0 Å². The van der Waals surface area contributed by atoms with E-state index >= 15 is 0 Å². The minimum absolute atomic E-state index is 0.0228. The molecule has 98 valence electrons. The van der Waals surface area contributed by atoms with E-state index in [0.29, 0.717) is 6.54 Å². The van der Waals surface area contributed by atoms with Crippen molar-refractivity contribution in [3.63, 3.8) is 0 Å². The second-order valence-electron chi connectivity index (χ2n) is 5.64. The predicted octanol–water partition coefficient (Wildman–Crippen LogP) is 1.32. The molecule has 0 aromatic heterocycles. The van der Waals surface area contributed by atoms with Gasteiger partial charge in [-0.1, -0.05) is 12.8 Å². The maximum absolute atomic E-state index is 12.1. The highest BCUT2D eigenvalue weighted by Gasteiger charge is 2.36. The van der Waals surface area contributed by atoms with E-state index in [-0.39, 0.29) is 18.1 Å². The maximum Gasteiger partial charge on any atom is 0.251 e. The van der Waals surface area contributed by atoms with Gasteiger partial charge in [0, 0.05) is 13.6 Å². The molecule has 0 spiro atoms. The van der Waals surface area contributed by atoms with Crippen molar-refractivity contribution >= 4 is 5.91 Å². The number of amides is 1. The number of ether oxygens (including phenoxy) is 1. The zero-order valence-corrected chi connectivity index (χ0v) is 10.8. The fourth-order valence-electron chi connectivity index (χ4n) is 2.94. The molecule has 0 aromatic carbocycles. The van der Waals surface area contributed by atoms with Gasteiger partial charge in [0.25, 0.3) is 5.91 Å². The summed E-state index contributed by atoms with van der Waals surface area (Å²) in [7, 11) is 1.77. The third-order valence-electron chi connectivity index (χ3n) is 3.95. The van der Waals surface area contributed by atoms with Crippen molar-refractivity contribution in [3.8, 4) is 0 Å². The van der Waals surface area contributed by atoms with Crippen molar-refractivity contribution in [1.82, 2.24) is 4.90 Å². The zero-order valence-electron chi connectivity index (χ0n) is 10.8. The average Bonchev–Trinajstić information content (AvgIpc) is 2.86. The summed E-state index contributed by atoms with van der Waals surface area (Å²) in [6.45, 7) is 2.44. The number of carbonyl (C=O) groups is 1. The fourth-order valence-corrected chi connectivity index (χ4v) is 2.94. The quantitative estimate of drug-likeness (QED) is 0.810. The monoisotopic (exact) mass is 241 g/mol. The van der Waals surface area contributed by atoms with Crippen LogP contribution >= 0.6 is 0 Å². The predicted molar refractivity (Wildman–Crippen MR) is 64.6 cm³/mol. The van der Waals surface area contributed by atoms with E-state index in [0.717, 1.165) is 38.5 Å². The molecule has 2 rings (SSSR count). The van der Waals surface area contributed by atoms with Crippen molar-refractivity contribution in [2.75, 3.05) is 13.6 Å². The van der Waals surface area contributed by atoms with E-state index in [1.54, 1.807) is 11.9 Å². The number of nitrogens with zero attached hydrogens (tertiary/aromatic N) is 1. The van der Waals surface area contributed by atoms with Gasteiger partial charge in [0.2, 0.25) is 0 Å². The van der Waals surface area contributed by atoms with Crippen LogP contribution in [-0.4, -0.2) is 47.3 Å². The van der Waals surface area contributed by atoms with Crippen LogP contribution in [0.25, 0.3) is 0 Å². The van der Waals surface area contributed by atoms with Crippen LogP contribution in [0, 0.1) is 0 Å². The molecule has 1 aliphatic heterocycles. The minimum Gasteiger partial charge on any atom is -0.388 e. The summed E-state index contributed by atoms with van der Waals surface area (Å²) >= 11 is 0. The molecular weight excluding hydrogens is 218 g/mol. The first kappa shape index (κ1) is 12.8. The lowest BCUT2D eigenvalue weighted by atomic mass is 10.0. The van der Waals surface area contributed by atoms with Crippen LogP contribution in [0.15, 0.2) is 0 Å². The molecular formula is C13H23NO3. The largest absolute Gasteiger partial charge is 0.388 e. The maximum atomic E-state index is 12.1. The van der Waals surface area contributed by atoms with E-state index in [4.69, 9.17) is 4.74 Å². The topological polar surface area (TPSA) is 49.8 Å². The molecule has 0 aromatic rings. The Morgan fingerprint density at radius 1 is 1.41 bits per heavy atom. The summed E-state index contributed by atoms with van der Waals surface area (Å²) in [6, 6.07) is 0. The SMILES string of the molecule is CC1CCC(C(=O)N(C)CC2(O)CCCC2)O1. The number of carbonyl (C=O) groups excluding carboxylic acids is 1. The summed E-state index contributed by atoms with van der Waals surface area (Å²) in [5.74, 6) is 0.0228. The van der Waals surface area contributed by atoms with Crippen LogP contribution in [-0.2, 0) is 9.53 Å². The Labute approximate surface area is 103 Å². The standard InChI is InChI=1S/C13H23NO3/c1-10-5-6-11(17-10)12(15)14(2)9-13(16)7-3-4-8-13/h10-11,16H,3-9H2,1-2H3. The second kappa shape index (κ2) is 4.94. The molecule has 1 N–H and O–H groups in total. The van der Waals surface area contributed by atoms with Gasteiger partial charge in [0.05, 0.1) is 11.7 Å². The smallest absolute Gasteiger partial charge is 0.251 e. The molecule has 1 aliphatic carbocycles. The van der Waals surface area contributed by atoms with E-state index in [1.165, 1.54) is 0 Å². The van der Waals surface area contributed by atoms with E-state index < -0.39 is 5.60 Å². The van der Waals surface area contributed by atoms with Gasteiger partial charge in [-0.15, -0.1) is 0 Å². The number of hydrogen-bond acceptors (Lipinski definition) is 3. The first-order chi connectivity index (χ1) is 8.00. The molecule has 4 nitrogen and oxygen atoms in total. The molecule has 2 atom stereocenters. The summed E-state index contributed by atoms with van der Waals surface area (Å²) in [5, 5.41) is 10.3. The summed E-state index contributed by atoms with van der Waals surface area (Å²) in [5.41, 5.74) is -0.658. The van der Waals surface area contributed by atoms with E-state index in [9.17, 15) is 9.90 Å². The highest BCUT2D eigenvalue weighted by atomic mass is 16.5. The van der Waals surface area contributed by atoms with Crippen molar-refractivity contribution in [2.45, 2.75) is 63.3 Å². The Kier molecular flexibility index (Phi) is 3.73. The van der Waals surface area contributed by atoms with Crippen LogP contribution in [0.2, 0.25) is 0 Å². The number of aliphatic hydroxyl groups is 1. The summed E-state index contributed by atoms with van der Waals surface area (Å²) in [6.07, 6.45) is 5.41. The number of hydrogen-bond donors (Lipinski definition) is 1. The Balaban J connectivity index is 1.86. The Morgan fingerprint density at radius 2 is 2.06 bits per heavy atom. The van der Waals surface area contributed by atoms with Crippen molar-refractivity contribution < 1.29 is 14.6 Å². The lowest BCUT2D eigenvalue weighted by molar-refractivity contribution is -0.144.